The summed E-state index contributed by atoms with van der Waals surface area (Å²) in [6, 6.07) is 28.5. The zero-order valence-corrected chi connectivity index (χ0v) is 21.6. The molecule has 1 aromatic heterocycles. The molecule has 0 saturated carbocycles. The van der Waals surface area contributed by atoms with Crippen LogP contribution in [0.4, 0.5) is 32.4 Å². The van der Waals surface area contributed by atoms with Gasteiger partial charge in [-0.25, -0.2) is 14.5 Å². The molecule has 0 bridgehead atoms. The predicted molar refractivity (Wildman–Crippen MR) is 146 cm³/mol. The van der Waals surface area contributed by atoms with Crippen LogP contribution in [0, 0.1) is 0 Å². The zero-order chi connectivity index (χ0) is 29.7. The molecule has 4 aromatic carbocycles. The Morgan fingerprint density at radius 3 is 2.14 bits per heavy atom. The van der Waals surface area contributed by atoms with E-state index >= 15 is 0 Å². The summed E-state index contributed by atoms with van der Waals surface area (Å²) in [6.45, 7) is 0.267. The molecule has 2 amide bonds. The Labute approximate surface area is 236 Å². The molecule has 5 rings (SSSR count). The number of nitrogens with one attached hydrogen (secondary N) is 2. The van der Waals surface area contributed by atoms with Gasteiger partial charge in [-0.2, -0.15) is 22.0 Å². The maximum Gasteiger partial charge on any atom is 0.499 e. The summed E-state index contributed by atoms with van der Waals surface area (Å²) in [5.41, 5.74) is 4.43. The average molecular weight is 580 g/mol. The molecule has 0 fully saturated rings. The first-order valence-corrected chi connectivity index (χ1v) is 12.5. The molecule has 0 aliphatic carbocycles. The lowest BCUT2D eigenvalue weighted by Crippen LogP contribution is -2.41. The van der Waals surface area contributed by atoms with Crippen LogP contribution in [0.1, 0.15) is 5.56 Å². The van der Waals surface area contributed by atoms with Crippen LogP contribution in [0.2, 0.25) is 0 Å². The van der Waals surface area contributed by atoms with Gasteiger partial charge >= 0.3 is 18.3 Å². The summed E-state index contributed by atoms with van der Waals surface area (Å²) in [5.74, 6) is -0.298. The summed E-state index contributed by atoms with van der Waals surface area (Å²) in [5, 5.41) is 10.1. The van der Waals surface area contributed by atoms with E-state index < -0.39 is 18.0 Å². The molecule has 0 unspecified atom stereocenters. The zero-order valence-electron chi connectivity index (χ0n) is 21.6. The number of carbonyl (C=O) groups excluding carboxylic acids is 1. The fraction of sp³-hybridized carbons (Fsp3) is 0.100. The number of rotatable bonds is 8. The van der Waals surface area contributed by atoms with E-state index in [4.69, 9.17) is 0 Å². The Bertz CT molecular complexity index is 1650. The van der Waals surface area contributed by atoms with Gasteiger partial charge < -0.3 is 15.4 Å². The van der Waals surface area contributed by atoms with Crippen LogP contribution in [-0.4, -0.2) is 33.1 Å². The first kappa shape index (κ1) is 28.3. The van der Waals surface area contributed by atoms with Crippen molar-refractivity contribution >= 4 is 11.7 Å². The predicted octanol–water partition coefficient (Wildman–Crippen LogP) is 7.46. The van der Waals surface area contributed by atoms with Crippen molar-refractivity contribution in [2.75, 3.05) is 5.32 Å². The Morgan fingerprint density at radius 2 is 1.45 bits per heavy atom. The van der Waals surface area contributed by atoms with E-state index in [2.05, 4.69) is 25.5 Å². The smallest absolute Gasteiger partial charge is 0.426 e. The molecule has 1 heterocycles. The van der Waals surface area contributed by atoms with Crippen LogP contribution in [0.3, 0.4) is 0 Å². The van der Waals surface area contributed by atoms with Crippen molar-refractivity contribution in [3.05, 3.63) is 115 Å². The Hall–Kier alpha value is -5.26. The van der Waals surface area contributed by atoms with Gasteiger partial charge in [0.25, 0.3) is 0 Å². The van der Waals surface area contributed by atoms with E-state index in [0.717, 1.165) is 28.8 Å². The van der Waals surface area contributed by atoms with Crippen molar-refractivity contribution in [2.45, 2.75) is 18.8 Å². The monoisotopic (exact) mass is 579 g/mol. The van der Waals surface area contributed by atoms with Gasteiger partial charge in [-0.1, -0.05) is 72.8 Å². The first-order valence-electron chi connectivity index (χ1n) is 12.5. The number of benzene rings is 4. The highest BCUT2D eigenvalue weighted by Crippen LogP contribution is 2.37. The van der Waals surface area contributed by atoms with Gasteiger partial charge in [-0.15, -0.1) is 5.10 Å². The van der Waals surface area contributed by atoms with E-state index in [1.807, 2.05) is 54.6 Å². The molecule has 5 aromatic rings. The van der Waals surface area contributed by atoms with E-state index in [1.165, 1.54) is 23.1 Å². The number of para-hydroxylation sites is 1. The molecule has 0 aliphatic rings. The molecule has 7 nitrogen and oxygen atoms in total. The average Bonchev–Trinajstić information content (AvgIpc) is 3.47. The number of hydrogen-bond donors (Lipinski definition) is 2. The number of anilines is 1. The highest BCUT2D eigenvalue weighted by Gasteiger charge is 2.61. The summed E-state index contributed by atoms with van der Waals surface area (Å²) in [4.78, 5) is 16.8. The fourth-order valence-corrected chi connectivity index (χ4v) is 3.97. The normalized spacial score (nSPS) is 11.6. The lowest BCUT2D eigenvalue weighted by atomic mass is 10.0. The van der Waals surface area contributed by atoms with E-state index in [9.17, 15) is 26.7 Å². The van der Waals surface area contributed by atoms with Crippen LogP contribution < -0.4 is 15.4 Å². The third-order valence-corrected chi connectivity index (χ3v) is 6.09. The number of nitrogens with zero attached hydrogens (tertiary/aromatic N) is 3. The van der Waals surface area contributed by atoms with Crippen molar-refractivity contribution in [2.24, 2.45) is 0 Å². The lowest BCUT2D eigenvalue weighted by Gasteiger charge is -2.20. The van der Waals surface area contributed by atoms with Crippen LogP contribution >= 0.6 is 0 Å². The number of amides is 2. The number of hydrogen-bond acceptors (Lipinski definition) is 4. The highest BCUT2D eigenvalue weighted by atomic mass is 19.4. The number of carbonyl (C=O) groups is 1. The summed E-state index contributed by atoms with van der Waals surface area (Å²) in [6.07, 6.45) is -9.77. The van der Waals surface area contributed by atoms with Crippen LogP contribution in [0.15, 0.2) is 109 Å². The van der Waals surface area contributed by atoms with Crippen molar-refractivity contribution in [1.82, 2.24) is 20.1 Å². The second-order valence-electron chi connectivity index (χ2n) is 9.04. The highest BCUT2D eigenvalue weighted by molar-refractivity contribution is 5.94. The third kappa shape index (κ3) is 6.54. The number of urea groups is 1. The topological polar surface area (TPSA) is 81.1 Å². The van der Waals surface area contributed by atoms with Crippen molar-refractivity contribution in [3.63, 3.8) is 0 Å². The number of ether oxygens (including phenoxy) is 1. The maximum atomic E-state index is 13.1. The number of alkyl halides is 5. The minimum atomic E-state index is -5.83. The second kappa shape index (κ2) is 11.7. The van der Waals surface area contributed by atoms with Gasteiger partial charge in [0.15, 0.2) is 5.82 Å². The van der Waals surface area contributed by atoms with Gasteiger partial charge in [0.2, 0.25) is 0 Å². The largest absolute Gasteiger partial charge is 0.499 e. The molecule has 0 saturated heterocycles. The molecule has 0 spiro atoms. The Balaban J connectivity index is 1.18. The standard InChI is InChI=1S/C30H22F5N5O2/c31-29(32,33)30(34,35)42-24-16-14-23(15-17-24)40-19-37-27(39-40)22-12-10-20(11-13-22)18-36-28(41)38-26-9-5-4-8-25(26)21-6-2-1-3-7-21/h1-17,19H,18H2,(H2,36,38,41). The van der Waals surface area contributed by atoms with Crippen molar-refractivity contribution in [3.8, 4) is 34.0 Å². The third-order valence-electron chi connectivity index (χ3n) is 6.09. The van der Waals surface area contributed by atoms with E-state index in [0.29, 0.717) is 22.8 Å². The van der Waals surface area contributed by atoms with Crippen LogP contribution in [0.25, 0.3) is 28.2 Å². The van der Waals surface area contributed by atoms with Crippen molar-refractivity contribution in [1.29, 1.82) is 0 Å². The maximum absolute atomic E-state index is 13.1. The molecular weight excluding hydrogens is 557 g/mol. The summed E-state index contributed by atoms with van der Waals surface area (Å²) in [7, 11) is 0. The molecular formula is C30H22F5N5O2. The molecule has 12 heteroatoms. The van der Waals surface area contributed by atoms with Gasteiger partial charge in [0, 0.05) is 17.7 Å². The quantitative estimate of drug-likeness (QED) is 0.187. The van der Waals surface area contributed by atoms with Crippen LogP contribution in [0.5, 0.6) is 5.75 Å². The number of halogens is 5. The molecule has 214 valence electrons. The van der Waals surface area contributed by atoms with Crippen molar-refractivity contribution < 1.29 is 31.5 Å². The SMILES string of the molecule is O=C(NCc1ccc(-c2ncn(-c3ccc(OC(F)(F)C(F)(F)F)cc3)n2)cc1)Nc1ccccc1-c1ccccc1. The molecule has 2 N–H and O–H groups in total. The van der Waals surface area contributed by atoms with E-state index in [-0.39, 0.29) is 12.6 Å². The minimum absolute atomic E-state index is 0.267. The van der Waals surface area contributed by atoms with Gasteiger partial charge in [-0.3, -0.25) is 0 Å². The van der Waals surface area contributed by atoms with Gasteiger partial charge in [0.1, 0.15) is 12.1 Å². The van der Waals surface area contributed by atoms with Gasteiger partial charge in [0.05, 0.1) is 11.4 Å². The second-order valence-corrected chi connectivity index (χ2v) is 9.04. The minimum Gasteiger partial charge on any atom is -0.426 e. The first-order chi connectivity index (χ1) is 20.1. The van der Waals surface area contributed by atoms with E-state index in [1.54, 1.807) is 24.3 Å². The van der Waals surface area contributed by atoms with Crippen LogP contribution in [-0.2, 0) is 6.54 Å². The number of aromatic nitrogens is 3. The lowest BCUT2D eigenvalue weighted by molar-refractivity contribution is -0.360. The Morgan fingerprint density at radius 1 is 0.786 bits per heavy atom. The Kier molecular flexibility index (Phi) is 7.87. The molecule has 42 heavy (non-hydrogen) atoms. The summed E-state index contributed by atoms with van der Waals surface area (Å²) < 4.78 is 68.4. The summed E-state index contributed by atoms with van der Waals surface area (Å²) >= 11 is 0. The molecule has 0 radical (unpaired) electrons. The fourth-order valence-electron chi connectivity index (χ4n) is 3.97. The molecule has 0 aliphatic heterocycles. The van der Waals surface area contributed by atoms with Gasteiger partial charge in [-0.05, 0) is 41.5 Å². The molecule has 0 atom stereocenters.